The van der Waals surface area contributed by atoms with E-state index in [0.29, 0.717) is 24.2 Å². The molecule has 7 nitrogen and oxygen atoms in total. The second-order valence-electron chi connectivity index (χ2n) is 19.5. The van der Waals surface area contributed by atoms with E-state index < -0.39 is 6.10 Å². The van der Waals surface area contributed by atoms with Crippen LogP contribution in [0, 0.1) is 82.9 Å². The van der Waals surface area contributed by atoms with Gasteiger partial charge in [-0.3, -0.25) is 9.59 Å². The van der Waals surface area contributed by atoms with Crippen LogP contribution >= 0.6 is 0 Å². The lowest BCUT2D eigenvalue weighted by atomic mass is 9.57. The van der Waals surface area contributed by atoms with Crippen LogP contribution in [0.4, 0.5) is 0 Å². The highest BCUT2D eigenvalue weighted by Crippen LogP contribution is 2.51. The van der Waals surface area contributed by atoms with E-state index in [4.69, 9.17) is 10.5 Å². The Kier molecular flexibility index (Phi) is 16.4. The SMILES string of the molecule is CCCC(CO)C1CC(CC2CCNC(N)C2)CC2C#CC(C3CCCCC3)C3C(CCC(=O)CC(=O)C2C1)CC(OC)C(O)C3CCC1CCCCC1. The molecule has 306 valence electrons. The molecule has 5 aliphatic carbocycles. The molecule has 13 atom stereocenters. The van der Waals surface area contributed by atoms with Gasteiger partial charge in [-0.2, -0.15) is 0 Å². The predicted octanol–water partition coefficient (Wildman–Crippen LogP) is 8.23. The average molecular weight is 751 g/mol. The minimum Gasteiger partial charge on any atom is -0.396 e. The first kappa shape index (κ1) is 42.3. The third-order valence-corrected chi connectivity index (χ3v) is 16.0. The van der Waals surface area contributed by atoms with E-state index in [0.717, 1.165) is 89.5 Å². The molecule has 54 heavy (non-hydrogen) atoms. The van der Waals surface area contributed by atoms with Crippen LogP contribution in [-0.4, -0.2) is 60.4 Å². The average Bonchev–Trinajstić information content (AvgIpc) is 3.36. The van der Waals surface area contributed by atoms with Gasteiger partial charge in [0.15, 0.2) is 0 Å². The molecule has 0 aromatic rings. The van der Waals surface area contributed by atoms with Crippen molar-refractivity contribution in [3.63, 3.8) is 0 Å². The first-order chi connectivity index (χ1) is 26.3. The van der Waals surface area contributed by atoms with Crippen LogP contribution in [0.2, 0.25) is 0 Å². The summed E-state index contributed by atoms with van der Waals surface area (Å²) in [6.07, 6.45) is 24.0. The molecule has 0 radical (unpaired) electrons. The summed E-state index contributed by atoms with van der Waals surface area (Å²) in [7, 11) is 1.75. The van der Waals surface area contributed by atoms with Gasteiger partial charge in [0, 0.05) is 37.9 Å². The molecule has 1 saturated heterocycles. The summed E-state index contributed by atoms with van der Waals surface area (Å²) in [4.78, 5) is 28.3. The van der Waals surface area contributed by atoms with Crippen LogP contribution in [-0.2, 0) is 14.3 Å². The summed E-state index contributed by atoms with van der Waals surface area (Å²) in [6.45, 7) is 3.30. The Hall–Kier alpha value is -1.30. The monoisotopic (exact) mass is 751 g/mol. The van der Waals surface area contributed by atoms with Crippen LogP contribution in [0.15, 0.2) is 0 Å². The molecule has 5 fully saturated rings. The number of aliphatic hydroxyl groups is 2. The number of rotatable bonds is 11. The zero-order valence-corrected chi connectivity index (χ0v) is 34.2. The number of aliphatic hydroxyl groups excluding tert-OH is 2. The predicted molar refractivity (Wildman–Crippen MR) is 216 cm³/mol. The van der Waals surface area contributed by atoms with Gasteiger partial charge in [-0.1, -0.05) is 83.0 Å². The third-order valence-electron chi connectivity index (χ3n) is 16.0. The number of hydrogen-bond donors (Lipinski definition) is 4. The van der Waals surface area contributed by atoms with Crippen molar-refractivity contribution in [2.75, 3.05) is 20.3 Å². The minimum atomic E-state index is -0.515. The molecule has 6 rings (SSSR count). The second-order valence-corrected chi connectivity index (χ2v) is 19.5. The molecule has 0 aromatic carbocycles. The molecule has 4 saturated carbocycles. The van der Waals surface area contributed by atoms with Crippen molar-refractivity contribution < 1.29 is 24.5 Å². The highest BCUT2D eigenvalue weighted by atomic mass is 16.5. The molecular formula is C47H78N2O5. The summed E-state index contributed by atoms with van der Waals surface area (Å²) in [5.74, 6) is 11.2. The van der Waals surface area contributed by atoms with E-state index in [1.54, 1.807) is 7.11 Å². The zero-order valence-electron chi connectivity index (χ0n) is 34.2. The smallest absolute Gasteiger partial charge is 0.144 e. The molecule has 0 amide bonds. The van der Waals surface area contributed by atoms with Gasteiger partial charge in [-0.25, -0.2) is 0 Å². The van der Waals surface area contributed by atoms with Gasteiger partial charge in [-0.15, -0.1) is 0 Å². The molecular weight excluding hydrogens is 673 g/mol. The van der Waals surface area contributed by atoms with Crippen molar-refractivity contribution in [2.24, 2.45) is 76.7 Å². The van der Waals surface area contributed by atoms with Gasteiger partial charge in [-0.05, 0) is 137 Å². The third kappa shape index (κ3) is 11.0. The van der Waals surface area contributed by atoms with Crippen molar-refractivity contribution in [1.29, 1.82) is 0 Å². The van der Waals surface area contributed by atoms with E-state index >= 15 is 0 Å². The number of ether oxygens (including phenoxy) is 1. The van der Waals surface area contributed by atoms with E-state index in [-0.39, 0.29) is 84.2 Å². The van der Waals surface area contributed by atoms with Crippen LogP contribution in [0.1, 0.15) is 161 Å². The fraction of sp³-hybridized carbons (Fsp3) is 0.915. The molecule has 1 heterocycles. The van der Waals surface area contributed by atoms with Crippen molar-refractivity contribution >= 4 is 11.6 Å². The van der Waals surface area contributed by atoms with Gasteiger partial charge in [0.2, 0.25) is 0 Å². The number of methoxy groups -OCH3 is 1. The topological polar surface area (TPSA) is 122 Å². The maximum absolute atomic E-state index is 14.4. The lowest BCUT2D eigenvalue weighted by molar-refractivity contribution is -0.132. The fourth-order valence-electron chi connectivity index (χ4n) is 13.1. The Bertz CT molecular complexity index is 1230. The van der Waals surface area contributed by atoms with Crippen LogP contribution in [0.5, 0.6) is 0 Å². The molecule has 6 aliphatic rings. The van der Waals surface area contributed by atoms with Gasteiger partial charge in [0.1, 0.15) is 11.6 Å². The molecule has 1 aliphatic heterocycles. The Morgan fingerprint density at radius 2 is 1.61 bits per heavy atom. The quantitative estimate of drug-likeness (QED) is 0.124. The summed E-state index contributed by atoms with van der Waals surface area (Å²) in [6, 6.07) is 0. The maximum atomic E-state index is 14.4. The van der Waals surface area contributed by atoms with Crippen molar-refractivity contribution in [2.45, 2.75) is 179 Å². The standard InChI is InChI=1S/C47H78N2O5/c1-3-10-37(30-50)38-25-33(23-32-21-22-49-45(48)26-32)24-35-17-20-40(34-13-8-5-9-14-34)46-36(16-18-39(51)29-43(52)42(35)27-38)28-44(54-2)47(53)41(46)19-15-31-11-6-4-7-12-31/h31-38,40-42,44-47,49-50,53H,3-16,18-19,21-30,48H2,1-2H3. The van der Waals surface area contributed by atoms with Crippen molar-refractivity contribution in [3.8, 4) is 11.8 Å². The van der Waals surface area contributed by atoms with E-state index in [2.05, 4.69) is 24.1 Å². The van der Waals surface area contributed by atoms with Gasteiger partial charge < -0.3 is 26.0 Å². The van der Waals surface area contributed by atoms with E-state index in [9.17, 15) is 19.8 Å². The van der Waals surface area contributed by atoms with Crippen LogP contribution in [0.3, 0.4) is 0 Å². The number of hydrogen-bond acceptors (Lipinski definition) is 7. The van der Waals surface area contributed by atoms with Gasteiger partial charge in [0.05, 0.1) is 24.8 Å². The minimum absolute atomic E-state index is 0.00578. The summed E-state index contributed by atoms with van der Waals surface area (Å²) >= 11 is 0. The Labute approximate surface area is 328 Å². The van der Waals surface area contributed by atoms with Crippen molar-refractivity contribution in [1.82, 2.24) is 5.32 Å². The number of carbonyl (C=O) groups excluding carboxylic acids is 2. The fourth-order valence-corrected chi connectivity index (χ4v) is 13.1. The zero-order chi connectivity index (χ0) is 38.0. The number of nitrogens with one attached hydrogen (secondary N) is 1. The first-order valence-electron chi connectivity index (χ1n) is 23.1. The molecule has 0 bridgehead atoms. The Morgan fingerprint density at radius 1 is 0.852 bits per heavy atom. The summed E-state index contributed by atoms with van der Waals surface area (Å²) < 4.78 is 6.04. The number of fused-ring (bicyclic) bond motifs is 2. The molecule has 0 aromatic heterocycles. The largest absolute Gasteiger partial charge is 0.396 e. The van der Waals surface area contributed by atoms with Gasteiger partial charge in [0.25, 0.3) is 0 Å². The summed E-state index contributed by atoms with van der Waals surface area (Å²) in [5.41, 5.74) is 6.41. The van der Waals surface area contributed by atoms with Crippen LogP contribution < -0.4 is 11.1 Å². The highest BCUT2D eigenvalue weighted by molar-refractivity contribution is 6.00. The first-order valence-corrected chi connectivity index (χ1v) is 23.1. The van der Waals surface area contributed by atoms with Gasteiger partial charge >= 0.3 is 0 Å². The summed E-state index contributed by atoms with van der Waals surface area (Å²) in [5, 5.41) is 26.3. The molecule has 13 unspecified atom stereocenters. The molecule has 0 spiro atoms. The highest BCUT2D eigenvalue weighted by Gasteiger charge is 2.49. The molecule has 5 N–H and O–H groups in total. The van der Waals surface area contributed by atoms with Crippen molar-refractivity contribution in [3.05, 3.63) is 0 Å². The number of ketones is 2. The lowest BCUT2D eigenvalue weighted by Crippen LogP contribution is -2.51. The second kappa shape index (κ2) is 20.9. The number of carbonyl (C=O) groups is 2. The Morgan fingerprint density at radius 3 is 2.31 bits per heavy atom. The number of Topliss-reactive ketones (excluding diaryl/α,β-unsaturated/α-hetero) is 2. The van der Waals surface area contributed by atoms with E-state index in [1.807, 2.05) is 0 Å². The van der Waals surface area contributed by atoms with Crippen LogP contribution in [0.25, 0.3) is 0 Å². The normalized spacial score (nSPS) is 39.9. The number of nitrogens with two attached hydrogens (primary N) is 1. The molecule has 7 heteroatoms. The maximum Gasteiger partial charge on any atom is 0.144 e. The van der Waals surface area contributed by atoms with E-state index in [1.165, 1.54) is 64.2 Å². The Balaban J connectivity index is 1.39. The lowest BCUT2D eigenvalue weighted by Gasteiger charge is -2.49. The number of piperidine rings is 1.